The molecule has 2 aromatic rings. The van der Waals surface area contributed by atoms with Crippen molar-refractivity contribution in [1.29, 1.82) is 0 Å². The number of hydrogen-bond donors (Lipinski definition) is 1. The first-order valence-electron chi connectivity index (χ1n) is 7.22. The molecular weight excluding hydrogens is 262 g/mol. The van der Waals surface area contributed by atoms with E-state index in [2.05, 4.69) is 67.8 Å². The number of benzene rings is 2. The van der Waals surface area contributed by atoms with Crippen molar-refractivity contribution in [3.05, 3.63) is 65.2 Å². The monoisotopic (exact) mass is 283 g/mol. The molecule has 1 heterocycles. The Morgan fingerprint density at radius 3 is 2.65 bits per heavy atom. The topological polar surface area (TPSA) is 12.0 Å². The van der Waals surface area contributed by atoms with Gasteiger partial charge in [0.05, 0.1) is 0 Å². The van der Waals surface area contributed by atoms with E-state index < -0.39 is 0 Å². The third kappa shape index (κ3) is 2.77. The molecule has 2 atom stereocenters. The second-order valence-corrected chi connectivity index (χ2v) is 6.60. The Balaban J connectivity index is 1.79. The second kappa shape index (κ2) is 6.02. The third-order valence-electron chi connectivity index (χ3n) is 4.17. The molecule has 0 amide bonds. The summed E-state index contributed by atoms with van der Waals surface area (Å²) in [4.78, 5) is 1.46. The highest BCUT2D eigenvalue weighted by atomic mass is 32.2. The Kier molecular flexibility index (Phi) is 4.13. The SMILES string of the molecule is CNC(Cc1ccc(C)cc1)C1CSc2ccccc21. The van der Waals surface area contributed by atoms with E-state index in [4.69, 9.17) is 0 Å². The van der Waals surface area contributed by atoms with Gasteiger partial charge in [-0.05, 0) is 37.6 Å². The number of thioether (sulfide) groups is 1. The molecule has 0 aromatic heterocycles. The predicted molar refractivity (Wildman–Crippen MR) is 87.6 cm³/mol. The standard InChI is InChI=1S/C18H21NS/c1-13-7-9-14(10-8-13)11-17(19-2)16-12-20-18-6-4-3-5-15(16)18/h3-10,16-17,19H,11-12H2,1-2H3. The van der Waals surface area contributed by atoms with Crippen LogP contribution in [0.5, 0.6) is 0 Å². The Labute approximate surface area is 125 Å². The molecule has 0 radical (unpaired) electrons. The molecule has 104 valence electrons. The maximum Gasteiger partial charge on any atom is 0.0182 e. The molecule has 2 heteroatoms. The van der Waals surface area contributed by atoms with E-state index in [1.807, 2.05) is 11.8 Å². The van der Waals surface area contributed by atoms with Gasteiger partial charge >= 0.3 is 0 Å². The summed E-state index contributed by atoms with van der Waals surface area (Å²) in [5.74, 6) is 1.80. The molecule has 0 saturated carbocycles. The smallest absolute Gasteiger partial charge is 0.0182 e. The maximum atomic E-state index is 3.53. The summed E-state index contributed by atoms with van der Waals surface area (Å²) in [5.41, 5.74) is 4.27. The first kappa shape index (κ1) is 13.7. The lowest BCUT2D eigenvalue weighted by Crippen LogP contribution is -2.34. The van der Waals surface area contributed by atoms with Crippen molar-refractivity contribution in [3.8, 4) is 0 Å². The van der Waals surface area contributed by atoms with E-state index >= 15 is 0 Å². The summed E-state index contributed by atoms with van der Waals surface area (Å²) >= 11 is 1.99. The molecule has 20 heavy (non-hydrogen) atoms. The molecule has 1 aliphatic rings. The minimum Gasteiger partial charge on any atom is -0.316 e. The van der Waals surface area contributed by atoms with Crippen LogP contribution >= 0.6 is 11.8 Å². The van der Waals surface area contributed by atoms with Gasteiger partial charge in [-0.25, -0.2) is 0 Å². The fourth-order valence-electron chi connectivity index (χ4n) is 2.94. The number of nitrogens with one attached hydrogen (secondary N) is 1. The van der Waals surface area contributed by atoms with Crippen molar-refractivity contribution in [2.24, 2.45) is 0 Å². The van der Waals surface area contributed by atoms with E-state index in [0.29, 0.717) is 12.0 Å². The highest BCUT2D eigenvalue weighted by molar-refractivity contribution is 7.99. The zero-order chi connectivity index (χ0) is 13.9. The fourth-order valence-corrected chi connectivity index (χ4v) is 4.28. The number of hydrogen-bond acceptors (Lipinski definition) is 2. The Hall–Kier alpha value is -1.25. The van der Waals surface area contributed by atoms with Gasteiger partial charge in [-0.1, -0.05) is 48.0 Å². The van der Waals surface area contributed by atoms with Crippen molar-refractivity contribution in [3.63, 3.8) is 0 Å². The van der Waals surface area contributed by atoms with Crippen LogP contribution in [0.25, 0.3) is 0 Å². The Bertz CT molecular complexity index is 576. The molecule has 0 spiro atoms. The number of aryl methyl sites for hydroxylation is 1. The van der Waals surface area contributed by atoms with Crippen LogP contribution in [0.15, 0.2) is 53.4 Å². The predicted octanol–water partition coefficient (Wildman–Crippen LogP) is 4.02. The molecule has 1 nitrogen and oxygen atoms in total. The van der Waals surface area contributed by atoms with Crippen LogP contribution in [0.3, 0.4) is 0 Å². The van der Waals surface area contributed by atoms with Crippen LogP contribution in [0, 0.1) is 6.92 Å². The molecule has 3 rings (SSSR count). The summed E-state index contributed by atoms with van der Waals surface area (Å²) in [7, 11) is 2.09. The van der Waals surface area contributed by atoms with E-state index in [-0.39, 0.29) is 0 Å². The lowest BCUT2D eigenvalue weighted by atomic mass is 9.89. The average molecular weight is 283 g/mol. The van der Waals surface area contributed by atoms with Crippen molar-refractivity contribution in [2.45, 2.75) is 30.2 Å². The normalized spacial score (nSPS) is 18.8. The zero-order valence-electron chi connectivity index (χ0n) is 12.1. The van der Waals surface area contributed by atoms with Crippen molar-refractivity contribution < 1.29 is 0 Å². The van der Waals surface area contributed by atoms with Crippen LogP contribution in [0.2, 0.25) is 0 Å². The van der Waals surface area contributed by atoms with E-state index in [9.17, 15) is 0 Å². The van der Waals surface area contributed by atoms with Crippen LogP contribution in [0.4, 0.5) is 0 Å². The van der Waals surface area contributed by atoms with Gasteiger partial charge in [0.15, 0.2) is 0 Å². The summed E-state index contributed by atoms with van der Waals surface area (Å²) in [5, 5.41) is 3.53. The number of rotatable bonds is 4. The van der Waals surface area contributed by atoms with Crippen LogP contribution < -0.4 is 5.32 Å². The minimum atomic E-state index is 0.508. The van der Waals surface area contributed by atoms with Gasteiger partial charge in [-0.15, -0.1) is 11.8 Å². The second-order valence-electron chi connectivity index (χ2n) is 5.54. The highest BCUT2D eigenvalue weighted by Crippen LogP contribution is 2.41. The molecule has 0 fully saturated rings. The summed E-state index contributed by atoms with van der Waals surface area (Å²) < 4.78 is 0. The summed E-state index contributed by atoms with van der Waals surface area (Å²) in [6.45, 7) is 2.14. The van der Waals surface area contributed by atoms with Gasteiger partial charge in [-0.3, -0.25) is 0 Å². The molecule has 1 N–H and O–H groups in total. The first-order chi connectivity index (χ1) is 9.78. The minimum absolute atomic E-state index is 0.508. The first-order valence-corrected chi connectivity index (χ1v) is 8.21. The van der Waals surface area contributed by atoms with Crippen molar-refractivity contribution >= 4 is 11.8 Å². The molecular formula is C18H21NS. The van der Waals surface area contributed by atoms with Gasteiger partial charge < -0.3 is 5.32 Å². The lowest BCUT2D eigenvalue weighted by molar-refractivity contribution is 0.489. The molecule has 0 saturated heterocycles. The van der Waals surface area contributed by atoms with Crippen LogP contribution in [-0.2, 0) is 6.42 Å². The van der Waals surface area contributed by atoms with E-state index in [1.54, 1.807) is 0 Å². The lowest BCUT2D eigenvalue weighted by Gasteiger charge is -2.23. The summed E-state index contributed by atoms with van der Waals surface area (Å²) in [6.07, 6.45) is 1.09. The largest absolute Gasteiger partial charge is 0.316 e. The average Bonchev–Trinajstić information content (AvgIpc) is 2.91. The van der Waals surface area contributed by atoms with Gasteiger partial charge in [0.2, 0.25) is 0 Å². The third-order valence-corrected chi connectivity index (χ3v) is 5.38. The molecule has 0 bridgehead atoms. The van der Waals surface area contributed by atoms with Gasteiger partial charge in [0.25, 0.3) is 0 Å². The molecule has 0 aliphatic carbocycles. The quantitative estimate of drug-likeness (QED) is 0.909. The van der Waals surface area contributed by atoms with E-state index in [1.165, 1.54) is 27.3 Å². The number of fused-ring (bicyclic) bond motifs is 1. The van der Waals surface area contributed by atoms with E-state index in [0.717, 1.165) is 6.42 Å². The fraction of sp³-hybridized carbons (Fsp3) is 0.333. The van der Waals surface area contributed by atoms with Crippen LogP contribution in [-0.4, -0.2) is 18.8 Å². The zero-order valence-corrected chi connectivity index (χ0v) is 12.9. The Morgan fingerprint density at radius 1 is 1.15 bits per heavy atom. The van der Waals surface area contributed by atoms with Crippen molar-refractivity contribution in [2.75, 3.05) is 12.8 Å². The van der Waals surface area contributed by atoms with Gasteiger partial charge in [0.1, 0.15) is 0 Å². The van der Waals surface area contributed by atoms with Crippen molar-refractivity contribution in [1.82, 2.24) is 5.32 Å². The number of likely N-dealkylation sites (N-methyl/N-ethyl adjacent to an activating group) is 1. The molecule has 2 unspecified atom stereocenters. The highest BCUT2D eigenvalue weighted by Gasteiger charge is 2.29. The maximum absolute atomic E-state index is 3.53. The summed E-state index contributed by atoms with van der Waals surface area (Å²) in [6, 6.07) is 18.3. The Morgan fingerprint density at radius 2 is 1.90 bits per heavy atom. The molecule has 1 aliphatic heterocycles. The van der Waals surface area contributed by atoms with Crippen LogP contribution in [0.1, 0.15) is 22.6 Å². The van der Waals surface area contributed by atoms with Gasteiger partial charge in [-0.2, -0.15) is 0 Å². The van der Waals surface area contributed by atoms with Gasteiger partial charge in [0, 0.05) is 22.6 Å². The molecule has 2 aromatic carbocycles.